The maximum atomic E-state index is 14.1. The van der Waals surface area contributed by atoms with Crippen LogP contribution in [0.25, 0.3) is 0 Å². The lowest BCUT2D eigenvalue weighted by Crippen LogP contribution is -2.36. The van der Waals surface area contributed by atoms with Crippen molar-refractivity contribution in [3.05, 3.63) is 45.0 Å². The number of hydrogen-bond acceptors (Lipinski definition) is 13. The van der Waals surface area contributed by atoms with Crippen molar-refractivity contribution in [2.75, 3.05) is 17.7 Å². The van der Waals surface area contributed by atoms with E-state index in [1.165, 1.54) is 13.8 Å². The van der Waals surface area contributed by atoms with Gasteiger partial charge in [0.05, 0.1) is 31.2 Å². The number of ether oxygens (including phenoxy) is 3. The summed E-state index contributed by atoms with van der Waals surface area (Å²) in [6, 6.07) is 0. The molecule has 0 unspecified atom stereocenters. The van der Waals surface area contributed by atoms with E-state index in [9.17, 15) is 43.6 Å². The zero-order chi connectivity index (χ0) is 31.3. The number of carbonyl (C=O) groups excluding carboxylic acids is 1. The summed E-state index contributed by atoms with van der Waals surface area (Å²) >= 11 is 0. The third-order valence-corrected chi connectivity index (χ3v) is 6.55. The summed E-state index contributed by atoms with van der Waals surface area (Å²) in [5.74, 6) is -3.00. The first-order valence-electron chi connectivity index (χ1n) is 13.1. The second-order valence-electron chi connectivity index (χ2n) is 9.69. The second-order valence-corrected chi connectivity index (χ2v) is 9.69. The molecule has 2 aliphatic rings. The van der Waals surface area contributed by atoms with Crippen LogP contribution < -0.4 is 22.4 Å². The fourth-order valence-corrected chi connectivity index (χ4v) is 4.12. The smallest absolute Gasteiger partial charge is 0.412 e. The van der Waals surface area contributed by atoms with Crippen LogP contribution in [0.3, 0.4) is 0 Å². The molecule has 0 bridgehead atoms. The Labute approximate surface area is 237 Å². The molecule has 16 nitrogen and oxygen atoms in total. The van der Waals surface area contributed by atoms with Crippen molar-refractivity contribution < 1.29 is 48.2 Å². The molecule has 2 aliphatic heterocycles. The number of aliphatic hydroxyl groups is 4. The molecule has 7 N–H and O–H groups in total. The minimum Gasteiger partial charge on any atom is -0.449 e. The third kappa shape index (κ3) is 7.44. The molecule has 234 valence electrons. The van der Waals surface area contributed by atoms with Crippen LogP contribution in [0.2, 0.25) is 0 Å². The minimum absolute atomic E-state index is 0.177. The molecule has 0 radical (unpaired) electrons. The van der Waals surface area contributed by atoms with E-state index in [0.29, 0.717) is 6.42 Å². The lowest BCUT2D eigenvalue weighted by Gasteiger charge is -2.17. The van der Waals surface area contributed by atoms with Crippen molar-refractivity contribution in [2.45, 2.75) is 89.1 Å². The average molecular weight is 605 g/mol. The van der Waals surface area contributed by atoms with Gasteiger partial charge in [0.1, 0.15) is 24.4 Å². The van der Waals surface area contributed by atoms with E-state index in [-0.39, 0.29) is 6.61 Å². The van der Waals surface area contributed by atoms with Gasteiger partial charge in [-0.3, -0.25) is 14.5 Å². The molecule has 2 aromatic heterocycles. The molecule has 2 fully saturated rings. The second kappa shape index (κ2) is 14.1. The Balaban J connectivity index is 0.000000247. The van der Waals surface area contributed by atoms with Gasteiger partial charge in [0.15, 0.2) is 35.7 Å². The standard InChI is InChI=1S/C15H22FN3O6.C9H12FN3O4/c1-3-4-5-6-24-15(23)18-12-9(16)7-19(14(22)17-12)13-11(21)10(20)8(2)25-13;1-3-5(14)6(15)8(17-3)13-2-4(10)7(11)12-9(13)16/h7-8,10-11,13,20-21H,3-6H2,1-2H3,(H,17,18,22,23);2-3,5-6,8,14-15H,1H3,(H2,11,12,16)/t8-,10-,11-,13-;3-,5-,6-,8-/m11/s1. The summed E-state index contributed by atoms with van der Waals surface area (Å²) in [5, 5.41) is 40.7. The van der Waals surface area contributed by atoms with Crippen LogP contribution in [0.4, 0.5) is 25.2 Å². The van der Waals surface area contributed by atoms with E-state index < -0.39 is 89.8 Å². The molecular weight excluding hydrogens is 570 g/mol. The number of nitrogen functional groups attached to an aromatic ring is 1. The van der Waals surface area contributed by atoms with Gasteiger partial charge in [0.25, 0.3) is 0 Å². The van der Waals surface area contributed by atoms with Gasteiger partial charge < -0.3 is 40.4 Å². The van der Waals surface area contributed by atoms with Gasteiger partial charge in [-0.1, -0.05) is 19.8 Å². The number of hydrogen-bond donors (Lipinski definition) is 6. The van der Waals surface area contributed by atoms with Crippen LogP contribution >= 0.6 is 0 Å². The Morgan fingerprint density at radius 1 is 0.929 bits per heavy atom. The van der Waals surface area contributed by atoms with Gasteiger partial charge in [-0.15, -0.1) is 0 Å². The summed E-state index contributed by atoms with van der Waals surface area (Å²) in [6.07, 6.45) is -5.76. The van der Waals surface area contributed by atoms with E-state index >= 15 is 0 Å². The van der Waals surface area contributed by atoms with E-state index in [1.807, 2.05) is 6.92 Å². The van der Waals surface area contributed by atoms with Crippen molar-refractivity contribution in [2.24, 2.45) is 0 Å². The SMILES string of the molecule is CCCCCOC(=O)Nc1nc(=O)n([C@@H]2O[C@H](C)[C@@H](O)[C@H]2O)cc1F.C[C@H]1O[C@@H](n2cc(F)c(N)nc2=O)[C@H](O)[C@@H]1O. The maximum Gasteiger partial charge on any atom is 0.412 e. The molecule has 0 aliphatic carbocycles. The van der Waals surface area contributed by atoms with Gasteiger partial charge in [-0.2, -0.15) is 9.97 Å². The number of carbonyl (C=O) groups is 1. The Morgan fingerprint density at radius 3 is 1.90 bits per heavy atom. The summed E-state index contributed by atoms with van der Waals surface area (Å²) < 4.78 is 44.1. The van der Waals surface area contributed by atoms with Crippen LogP contribution in [0.5, 0.6) is 0 Å². The zero-order valence-corrected chi connectivity index (χ0v) is 23.0. The minimum atomic E-state index is -1.41. The number of nitrogens with two attached hydrogens (primary N) is 1. The monoisotopic (exact) mass is 604 g/mol. The molecule has 4 heterocycles. The fourth-order valence-electron chi connectivity index (χ4n) is 4.12. The summed E-state index contributed by atoms with van der Waals surface area (Å²) in [4.78, 5) is 41.8. The molecule has 4 rings (SSSR count). The molecular formula is C24H34F2N6O10. The van der Waals surface area contributed by atoms with Crippen LogP contribution in [0, 0.1) is 11.6 Å². The number of nitrogens with zero attached hydrogens (tertiary/aromatic N) is 4. The quantitative estimate of drug-likeness (QED) is 0.216. The van der Waals surface area contributed by atoms with Crippen molar-refractivity contribution in [1.82, 2.24) is 19.1 Å². The number of aromatic nitrogens is 4. The van der Waals surface area contributed by atoms with Gasteiger partial charge in [0, 0.05) is 0 Å². The number of rotatable bonds is 7. The zero-order valence-electron chi connectivity index (χ0n) is 23.0. The number of nitrogens with one attached hydrogen (secondary N) is 1. The fraction of sp³-hybridized carbons (Fsp3) is 0.625. The van der Waals surface area contributed by atoms with Gasteiger partial charge in [-0.05, 0) is 20.3 Å². The van der Waals surface area contributed by atoms with E-state index in [1.54, 1.807) is 0 Å². The van der Waals surface area contributed by atoms with Gasteiger partial charge in [0.2, 0.25) is 0 Å². The Morgan fingerprint density at radius 2 is 1.43 bits per heavy atom. The van der Waals surface area contributed by atoms with E-state index in [2.05, 4.69) is 15.3 Å². The molecule has 2 saturated heterocycles. The highest BCUT2D eigenvalue weighted by Crippen LogP contribution is 2.29. The molecule has 0 spiro atoms. The molecule has 18 heteroatoms. The average Bonchev–Trinajstić information content (AvgIpc) is 3.34. The number of aliphatic hydroxyl groups excluding tert-OH is 4. The molecule has 1 amide bonds. The van der Waals surface area contributed by atoms with Crippen molar-refractivity contribution in [3.63, 3.8) is 0 Å². The van der Waals surface area contributed by atoms with Crippen molar-refractivity contribution in [3.8, 4) is 0 Å². The lowest BCUT2D eigenvalue weighted by molar-refractivity contribution is -0.0355. The predicted octanol–water partition coefficient (Wildman–Crippen LogP) is -0.636. The first kappa shape index (κ1) is 33.0. The number of amides is 1. The first-order valence-corrected chi connectivity index (χ1v) is 13.1. The van der Waals surface area contributed by atoms with Gasteiger partial charge >= 0.3 is 17.5 Å². The Bertz CT molecular complexity index is 1360. The lowest BCUT2D eigenvalue weighted by atomic mass is 10.1. The maximum absolute atomic E-state index is 14.1. The largest absolute Gasteiger partial charge is 0.449 e. The topological polar surface area (TPSA) is 234 Å². The van der Waals surface area contributed by atoms with Crippen LogP contribution in [0.15, 0.2) is 22.0 Å². The van der Waals surface area contributed by atoms with Gasteiger partial charge in [-0.25, -0.2) is 23.2 Å². The third-order valence-electron chi connectivity index (χ3n) is 6.55. The van der Waals surface area contributed by atoms with Crippen LogP contribution in [-0.4, -0.2) is 88.9 Å². The molecule has 42 heavy (non-hydrogen) atoms. The normalized spacial score (nSPS) is 28.7. The van der Waals surface area contributed by atoms with Crippen LogP contribution in [0.1, 0.15) is 52.5 Å². The van der Waals surface area contributed by atoms with E-state index in [0.717, 1.165) is 34.4 Å². The molecule has 0 saturated carbocycles. The van der Waals surface area contributed by atoms with E-state index in [4.69, 9.17) is 19.9 Å². The highest BCUT2D eigenvalue weighted by molar-refractivity contribution is 5.83. The highest BCUT2D eigenvalue weighted by atomic mass is 19.1. The predicted molar refractivity (Wildman–Crippen MR) is 139 cm³/mol. The molecule has 0 aromatic carbocycles. The van der Waals surface area contributed by atoms with Crippen molar-refractivity contribution >= 4 is 17.7 Å². The Hall–Kier alpha value is -3.55. The molecule has 2 aromatic rings. The first-order chi connectivity index (χ1) is 19.8. The summed E-state index contributed by atoms with van der Waals surface area (Å²) in [7, 11) is 0. The van der Waals surface area contributed by atoms with Crippen LogP contribution in [-0.2, 0) is 14.2 Å². The molecule has 8 atom stereocenters. The Kier molecular flexibility index (Phi) is 11.0. The number of halogens is 2. The summed E-state index contributed by atoms with van der Waals surface area (Å²) in [6.45, 7) is 5.21. The summed E-state index contributed by atoms with van der Waals surface area (Å²) in [5.41, 5.74) is 3.32. The number of anilines is 2. The van der Waals surface area contributed by atoms with Crippen molar-refractivity contribution in [1.29, 1.82) is 0 Å². The highest BCUT2D eigenvalue weighted by Gasteiger charge is 2.43. The number of unbranched alkanes of at least 4 members (excludes halogenated alkanes) is 2.